The fraction of sp³-hybridized carbons (Fsp3) is 0.158. The zero-order valence-corrected chi connectivity index (χ0v) is 16.9. The lowest BCUT2D eigenvalue weighted by Gasteiger charge is -2.04. The number of halogens is 1. The molecule has 27 heavy (non-hydrogen) atoms. The number of amides is 1. The van der Waals surface area contributed by atoms with Gasteiger partial charge in [-0.1, -0.05) is 35.9 Å². The minimum absolute atomic E-state index is 0.0474. The van der Waals surface area contributed by atoms with Crippen molar-refractivity contribution in [2.75, 3.05) is 11.6 Å². The number of carbonyl (C=O) groups is 1. The monoisotopic (exact) mass is 420 g/mol. The molecule has 0 aliphatic rings. The zero-order chi connectivity index (χ0) is 19.4. The van der Waals surface area contributed by atoms with E-state index < -0.39 is 9.84 Å². The third-order valence-electron chi connectivity index (χ3n) is 3.69. The second kappa shape index (κ2) is 8.21. The van der Waals surface area contributed by atoms with E-state index in [2.05, 4.69) is 10.3 Å². The number of hydrogen-bond donors (Lipinski definition) is 1. The van der Waals surface area contributed by atoms with Crippen molar-refractivity contribution in [1.29, 1.82) is 0 Å². The third kappa shape index (κ3) is 5.89. The van der Waals surface area contributed by atoms with Gasteiger partial charge in [0, 0.05) is 34.3 Å². The summed E-state index contributed by atoms with van der Waals surface area (Å²) in [5, 5.41) is 3.96. The minimum atomic E-state index is -3.10. The Morgan fingerprint density at radius 1 is 1.15 bits per heavy atom. The molecule has 140 valence electrons. The lowest BCUT2D eigenvalue weighted by atomic mass is 10.1. The first-order valence-corrected chi connectivity index (χ1v) is 11.3. The summed E-state index contributed by atoms with van der Waals surface area (Å²) in [4.78, 5) is 17.6. The first kappa shape index (κ1) is 19.5. The molecule has 2 aromatic carbocycles. The van der Waals surface area contributed by atoms with Crippen LogP contribution in [-0.4, -0.2) is 25.6 Å². The predicted octanol–water partition coefficient (Wildman–Crippen LogP) is 4.18. The molecule has 0 fully saturated rings. The van der Waals surface area contributed by atoms with Gasteiger partial charge in [0.1, 0.15) is 0 Å². The molecule has 0 saturated carbocycles. The average Bonchev–Trinajstić information content (AvgIpc) is 3.01. The summed E-state index contributed by atoms with van der Waals surface area (Å²) >= 11 is 7.40. The van der Waals surface area contributed by atoms with Gasteiger partial charge in [-0.2, -0.15) is 0 Å². The van der Waals surface area contributed by atoms with Gasteiger partial charge >= 0.3 is 0 Å². The summed E-state index contributed by atoms with van der Waals surface area (Å²) in [6.45, 7) is 0. The molecule has 0 aliphatic heterocycles. The number of thiazole rings is 1. The van der Waals surface area contributed by atoms with Gasteiger partial charge in [0.25, 0.3) is 5.91 Å². The molecule has 0 radical (unpaired) electrons. The molecular formula is C19H17ClN2O3S2. The molecule has 1 aromatic heterocycles. The normalized spacial score (nSPS) is 11.3. The molecule has 5 nitrogen and oxygen atoms in total. The largest absolute Gasteiger partial charge is 0.298 e. The van der Waals surface area contributed by atoms with E-state index in [0.717, 1.165) is 10.4 Å². The third-order valence-corrected chi connectivity index (χ3v) is 5.69. The van der Waals surface area contributed by atoms with Crippen LogP contribution in [0, 0.1) is 0 Å². The van der Waals surface area contributed by atoms with Gasteiger partial charge in [0.2, 0.25) is 0 Å². The van der Waals surface area contributed by atoms with Crippen LogP contribution in [0.25, 0.3) is 0 Å². The Bertz CT molecular complexity index is 1060. The molecule has 0 bridgehead atoms. The lowest BCUT2D eigenvalue weighted by Crippen LogP contribution is -2.11. The van der Waals surface area contributed by atoms with Crippen LogP contribution in [0.15, 0.2) is 54.7 Å². The van der Waals surface area contributed by atoms with Crippen molar-refractivity contribution >= 4 is 43.8 Å². The van der Waals surface area contributed by atoms with Gasteiger partial charge in [-0.25, -0.2) is 13.4 Å². The summed E-state index contributed by atoms with van der Waals surface area (Å²) in [5.74, 6) is -0.335. The molecule has 1 heterocycles. The molecule has 8 heteroatoms. The Morgan fingerprint density at radius 2 is 1.89 bits per heavy atom. The van der Waals surface area contributed by atoms with Crippen LogP contribution in [-0.2, 0) is 22.0 Å². The van der Waals surface area contributed by atoms with Gasteiger partial charge in [0.05, 0.1) is 5.75 Å². The highest BCUT2D eigenvalue weighted by atomic mass is 35.5. The van der Waals surface area contributed by atoms with E-state index in [-0.39, 0.29) is 11.7 Å². The van der Waals surface area contributed by atoms with Crippen LogP contribution < -0.4 is 5.32 Å². The summed E-state index contributed by atoms with van der Waals surface area (Å²) in [6, 6.07) is 14.1. The van der Waals surface area contributed by atoms with Crippen LogP contribution in [0.5, 0.6) is 0 Å². The van der Waals surface area contributed by atoms with Crippen molar-refractivity contribution in [3.63, 3.8) is 0 Å². The second-order valence-corrected chi connectivity index (χ2v) is 9.85. The summed E-state index contributed by atoms with van der Waals surface area (Å²) < 4.78 is 22.6. The first-order valence-electron chi connectivity index (χ1n) is 8.06. The standard InChI is InChI=1S/C19H17ClN2O3S2/c1-27(24,25)12-13-5-7-15(8-6-13)18(23)22-19-21-11-17(26-19)10-14-3-2-4-16(20)9-14/h2-9,11H,10,12H2,1H3,(H,21,22,23). The number of nitrogens with zero attached hydrogens (tertiary/aromatic N) is 1. The quantitative estimate of drug-likeness (QED) is 0.648. The molecular weight excluding hydrogens is 404 g/mol. The van der Waals surface area contributed by atoms with Gasteiger partial charge in [0.15, 0.2) is 15.0 Å². The van der Waals surface area contributed by atoms with Crippen LogP contribution in [0.2, 0.25) is 5.02 Å². The van der Waals surface area contributed by atoms with Gasteiger partial charge in [-0.05, 0) is 35.4 Å². The van der Waals surface area contributed by atoms with Crippen LogP contribution in [0.1, 0.15) is 26.4 Å². The fourth-order valence-corrected chi connectivity index (χ4v) is 4.37. The Hall–Kier alpha value is -2.22. The van der Waals surface area contributed by atoms with E-state index in [1.807, 2.05) is 24.3 Å². The Balaban J connectivity index is 1.63. The van der Waals surface area contributed by atoms with E-state index in [1.54, 1.807) is 30.5 Å². The summed E-state index contributed by atoms with van der Waals surface area (Å²) in [6.07, 6.45) is 3.60. The maximum atomic E-state index is 12.3. The van der Waals surface area contributed by atoms with Crippen molar-refractivity contribution in [2.45, 2.75) is 12.2 Å². The number of benzene rings is 2. The number of sulfone groups is 1. The molecule has 0 atom stereocenters. The number of aromatic nitrogens is 1. The number of nitrogens with one attached hydrogen (secondary N) is 1. The Morgan fingerprint density at radius 3 is 2.56 bits per heavy atom. The number of rotatable bonds is 6. The van der Waals surface area contributed by atoms with Crippen molar-refractivity contribution in [2.24, 2.45) is 0 Å². The second-order valence-electron chi connectivity index (χ2n) is 6.16. The highest BCUT2D eigenvalue weighted by molar-refractivity contribution is 7.89. The van der Waals surface area contributed by atoms with E-state index in [0.29, 0.717) is 27.7 Å². The van der Waals surface area contributed by atoms with Crippen LogP contribution in [0.3, 0.4) is 0 Å². The van der Waals surface area contributed by atoms with Crippen LogP contribution >= 0.6 is 22.9 Å². The maximum absolute atomic E-state index is 12.3. The molecule has 3 rings (SSSR count). The highest BCUT2D eigenvalue weighted by Crippen LogP contribution is 2.23. The van der Waals surface area contributed by atoms with E-state index in [1.165, 1.54) is 17.6 Å². The molecule has 0 aliphatic carbocycles. The number of anilines is 1. The van der Waals surface area contributed by atoms with Crippen molar-refractivity contribution in [3.8, 4) is 0 Å². The van der Waals surface area contributed by atoms with Crippen molar-refractivity contribution in [1.82, 2.24) is 4.98 Å². The Labute approximate surface area is 167 Å². The first-order chi connectivity index (χ1) is 12.8. The van der Waals surface area contributed by atoms with E-state index in [4.69, 9.17) is 11.6 Å². The summed E-state index contributed by atoms with van der Waals surface area (Å²) in [5.41, 5.74) is 2.16. The van der Waals surface area contributed by atoms with Gasteiger partial charge in [-0.3, -0.25) is 10.1 Å². The molecule has 1 amide bonds. The predicted molar refractivity (Wildman–Crippen MR) is 109 cm³/mol. The van der Waals surface area contributed by atoms with E-state index >= 15 is 0 Å². The SMILES string of the molecule is CS(=O)(=O)Cc1ccc(C(=O)Nc2ncc(Cc3cccc(Cl)c3)s2)cc1. The number of carbonyl (C=O) groups excluding carboxylic acids is 1. The Kier molecular flexibility index (Phi) is 5.94. The van der Waals surface area contributed by atoms with Gasteiger partial charge < -0.3 is 0 Å². The smallest absolute Gasteiger partial charge is 0.257 e. The molecule has 0 spiro atoms. The maximum Gasteiger partial charge on any atom is 0.257 e. The lowest BCUT2D eigenvalue weighted by molar-refractivity contribution is 0.102. The van der Waals surface area contributed by atoms with Gasteiger partial charge in [-0.15, -0.1) is 11.3 Å². The molecule has 1 N–H and O–H groups in total. The van der Waals surface area contributed by atoms with Crippen molar-refractivity contribution in [3.05, 3.63) is 81.3 Å². The molecule has 3 aromatic rings. The zero-order valence-electron chi connectivity index (χ0n) is 14.5. The summed E-state index contributed by atoms with van der Waals surface area (Å²) in [7, 11) is -3.10. The van der Waals surface area contributed by atoms with Crippen LogP contribution in [0.4, 0.5) is 5.13 Å². The van der Waals surface area contributed by atoms with Crippen molar-refractivity contribution < 1.29 is 13.2 Å². The van der Waals surface area contributed by atoms with E-state index in [9.17, 15) is 13.2 Å². The molecule has 0 unspecified atom stereocenters. The topological polar surface area (TPSA) is 76.1 Å². The highest BCUT2D eigenvalue weighted by Gasteiger charge is 2.11. The molecule has 0 saturated heterocycles. The average molecular weight is 421 g/mol. The minimum Gasteiger partial charge on any atom is -0.298 e. The fourth-order valence-electron chi connectivity index (χ4n) is 2.52. The number of hydrogen-bond acceptors (Lipinski definition) is 5.